The third-order valence-electron chi connectivity index (χ3n) is 3.19. The van der Waals surface area contributed by atoms with Crippen molar-refractivity contribution in [1.29, 1.82) is 0 Å². The van der Waals surface area contributed by atoms with Gasteiger partial charge < -0.3 is 20.7 Å². The number of carbonyl (C=O) groups excluding carboxylic acids is 2. The fourth-order valence-electron chi connectivity index (χ4n) is 2.19. The van der Waals surface area contributed by atoms with Crippen molar-refractivity contribution in [1.82, 2.24) is 5.32 Å². The van der Waals surface area contributed by atoms with Crippen LogP contribution in [0.3, 0.4) is 0 Å². The van der Waals surface area contributed by atoms with Crippen LogP contribution >= 0.6 is 0 Å². The summed E-state index contributed by atoms with van der Waals surface area (Å²) in [4.78, 5) is 22.7. The molecule has 1 saturated heterocycles. The van der Waals surface area contributed by atoms with E-state index in [1.807, 2.05) is 12.1 Å². The maximum absolute atomic E-state index is 11.7. The molecule has 1 fully saturated rings. The molecular weight excluding hydrogens is 270 g/mol. The average molecular weight is 291 g/mol. The van der Waals surface area contributed by atoms with Gasteiger partial charge in [-0.3, -0.25) is 9.59 Å². The van der Waals surface area contributed by atoms with E-state index in [2.05, 4.69) is 16.0 Å². The standard InChI is InChI=1S/C15H21N3O3/c1-11(19)18-13-5-2-4-12(8-13)16-10-15(20)17-9-14-6-3-7-21-14/h2,4-5,8,14,16H,3,6-7,9-10H2,1H3,(H,17,20)(H,18,19). The molecule has 21 heavy (non-hydrogen) atoms. The molecule has 6 nitrogen and oxygen atoms in total. The lowest BCUT2D eigenvalue weighted by atomic mass is 10.2. The molecule has 3 N–H and O–H groups in total. The first-order valence-corrected chi connectivity index (χ1v) is 7.13. The molecule has 1 unspecified atom stereocenters. The second-order valence-electron chi connectivity index (χ2n) is 5.05. The van der Waals surface area contributed by atoms with Gasteiger partial charge in [-0.15, -0.1) is 0 Å². The van der Waals surface area contributed by atoms with E-state index in [9.17, 15) is 9.59 Å². The van der Waals surface area contributed by atoms with Gasteiger partial charge in [0.15, 0.2) is 0 Å². The number of carbonyl (C=O) groups is 2. The molecule has 2 rings (SSSR count). The monoisotopic (exact) mass is 291 g/mol. The Morgan fingerprint density at radius 2 is 2.14 bits per heavy atom. The second-order valence-corrected chi connectivity index (χ2v) is 5.05. The van der Waals surface area contributed by atoms with E-state index in [1.54, 1.807) is 12.1 Å². The molecule has 0 bridgehead atoms. The topological polar surface area (TPSA) is 79.5 Å². The summed E-state index contributed by atoms with van der Waals surface area (Å²) in [6.07, 6.45) is 2.22. The number of amides is 2. The van der Waals surface area contributed by atoms with Gasteiger partial charge in [0.25, 0.3) is 0 Å². The van der Waals surface area contributed by atoms with Gasteiger partial charge in [0.2, 0.25) is 11.8 Å². The lowest BCUT2D eigenvalue weighted by Gasteiger charge is -2.12. The predicted octanol–water partition coefficient (Wildman–Crippen LogP) is 1.35. The Labute approximate surface area is 124 Å². The highest BCUT2D eigenvalue weighted by Gasteiger charge is 2.15. The lowest BCUT2D eigenvalue weighted by Crippen LogP contribution is -2.35. The molecule has 1 heterocycles. The van der Waals surface area contributed by atoms with Crippen molar-refractivity contribution in [2.24, 2.45) is 0 Å². The molecule has 1 aliphatic heterocycles. The molecule has 1 atom stereocenters. The van der Waals surface area contributed by atoms with Crippen molar-refractivity contribution in [2.45, 2.75) is 25.9 Å². The summed E-state index contributed by atoms with van der Waals surface area (Å²) in [5.74, 6) is -0.197. The Morgan fingerprint density at radius 3 is 2.86 bits per heavy atom. The van der Waals surface area contributed by atoms with Crippen LogP contribution in [0.1, 0.15) is 19.8 Å². The van der Waals surface area contributed by atoms with Gasteiger partial charge in [-0.05, 0) is 31.0 Å². The number of anilines is 2. The Bertz CT molecular complexity index is 499. The van der Waals surface area contributed by atoms with Gasteiger partial charge in [0.05, 0.1) is 12.6 Å². The van der Waals surface area contributed by atoms with Crippen LogP contribution in [0.5, 0.6) is 0 Å². The summed E-state index contributed by atoms with van der Waals surface area (Å²) in [6, 6.07) is 7.25. The Balaban J connectivity index is 1.73. The Morgan fingerprint density at radius 1 is 1.33 bits per heavy atom. The van der Waals surface area contributed by atoms with Crippen LogP contribution in [0, 0.1) is 0 Å². The van der Waals surface area contributed by atoms with Crippen LogP contribution in [0.2, 0.25) is 0 Å². The Kier molecular flexibility index (Phi) is 5.57. The van der Waals surface area contributed by atoms with Gasteiger partial charge in [-0.2, -0.15) is 0 Å². The highest BCUT2D eigenvalue weighted by Crippen LogP contribution is 2.14. The van der Waals surface area contributed by atoms with Crippen LogP contribution in [-0.4, -0.2) is 37.6 Å². The number of hydrogen-bond donors (Lipinski definition) is 3. The van der Waals surface area contributed by atoms with Crippen LogP contribution in [0.25, 0.3) is 0 Å². The van der Waals surface area contributed by atoms with E-state index in [0.717, 1.165) is 25.1 Å². The highest BCUT2D eigenvalue weighted by molar-refractivity contribution is 5.89. The van der Waals surface area contributed by atoms with Crippen molar-refractivity contribution in [2.75, 3.05) is 30.3 Å². The third-order valence-corrected chi connectivity index (χ3v) is 3.19. The number of nitrogens with one attached hydrogen (secondary N) is 3. The van der Waals surface area contributed by atoms with E-state index < -0.39 is 0 Å². The smallest absolute Gasteiger partial charge is 0.239 e. The molecule has 0 aromatic heterocycles. The van der Waals surface area contributed by atoms with E-state index >= 15 is 0 Å². The number of ether oxygens (including phenoxy) is 1. The summed E-state index contributed by atoms with van der Waals surface area (Å²) in [7, 11) is 0. The summed E-state index contributed by atoms with van der Waals surface area (Å²) >= 11 is 0. The lowest BCUT2D eigenvalue weighted by molar-refractivity contribution is -0.120. The molecule has 0 saturated carbocycles. The van der Waals surface area contributed by atoms with Crippen molar-refractivity contribution in [3.8, 4) is 0 Å². The number of hydrogen-bond acceptors (Lipinski definition) is 4. The van der Waals surface area contributed by atoms with E-state index in [1.165, 1.54) is 6.92 Å². The van der Waals surface area contributed by atoms with Crippen molar-refractivity contribution in [3.05, 3.63) is 24.3 Å². The van der Waals surface area contributed by atoms with Gasteiger partial charge >= 0.3 is 0 Å². The van der Waals surface area contributed by atoms with E-state index in [0.29, 0.717) is 12.2 Å². The van der Waals surface area contributed by atoms with Crippen molar-refractivity contribution in [3.63, 3.8) is 0 Å². The molecular formula is C15H21N3O3. The van der Waals surface area contributed by atoms with Gasteiger partial charge in [-0.25, -0.2) is 0 Å². The summed E-state index contributed by atoms with van der Waals surface area (Å²) in [5.41, 5.74) is 1.49. The van der Waals surface area contributed by atoms with Crippen LogP contribution in [0.15, 0.2) is 24.3 Å². The fraction of sp³-hybridized carbons (Fsp3) is 0.467. The summed E-state index contributed by atoms with van der Waals surface area (Å²) < 4.78 is 5.44. The SMILES string of the molecule is CC(=O)Nc1cccc(NCC(=O)NCC2CCCO2)c1. The summed E-state index contributed by atoms with van der Waals surface area (Å²) in [6.45, 7) is 3.00. The first kappa shape index (κ1) is 15.3. The zero-order valence-corrected chi connectivity index (χ0v) is 12.1. The molecule has 0 spiro atoms. The second kappa shape index (κ2) is 7.64. The molecule has 0 aliphatic carbocycles. The maximum atomic E-state index is 11.7. The molecule has 1 aromatic carbocycles. The van der Waals surface area contributed by atoms with Crippen LogP contribution < -0.4 is 16.0 Å². The number of rotatable bonds is 6. The highest BCUT2D eigenvalue weighted by atomic mass is 16.5. The molecule has 6 heteroatoms. The summed E-state index contributed by atoms with van der Waals surface area (Å²) in [5, 5.41) is 8.57. The zero-order valence-electron chi connectivity index (χ0n) is 12.1. The average Bonchev–Trinajstić information content (AvgIpc) is 2.96. The molecule has 1 aromatic rings. The molecule has 114 valence electrons. The maximum Gasteiger partial charge on any atom is 0.239 e. The zero-order chi connectivity index (χ0) is 15.1. The van der Waals surface area contributed by atoms with Crippen molar-refractivity contribution >= 4 is 23.2 Å². The third kappa shape index (κ3) is 5.43. The quantitative estimate of drug-likeness (QED) is 0.739. The predicted molar refractivity (Wildman–Crippen MR) is 81.2 cm³/mol. The van der Waals surface area contributed by atoms with E-state index in [4.69, 9.17) is 4.74 Å². The fourth-order valence-corrected chi connectivity index (χ4v) is 2.19. The minimum absolute atomic E-state index is 0.0737. The normalized spacial score (nSPS) is 17.3. The van der Waals surface area contributed by atoms with Crippen LogP contribution in [-0.2, 0) is 14.3 Å². The van der Waals surface area contributed by atoms with Gasteiger partial charge in [-0.1, -0.05) is 6.07 Å². The largest absolute Gasteiger partial charge is 0.376 e. The van der Waals surface area contributed by atoms with E-state index in [-0.39, 0.29) is 24.5 Å². The van der Waals surface area contributed by atoms with Gasteiger partial charge in [0, 0.05) is 31.5 Å². The molecule has 2 amide bonds. The van der Waals surface area contributed by atoms with Crippen LogP contribution in [0.4, 0.5) is 11.4 Å². The molecule has 0 radical (unpaired) electrons. The first-order valence-electron chi connectivity index (χ1n) is 7.13. The first-order chi connectivity index (χ1) is 10.1. The van der Waals surface area contributed by atoms with Gasteiger partial charge in [0.1, 0.15) is 0 Å². The minimum atomic E-state index is -0.124. The van der Waals surface area contributed by atoms with Crippen molar-refractivity contribution < 1.29 is 14.3 Å². The molecule has 1 aliphatic rings. The number of benzene rings is 1. The minimum Gasteiger partial charge on any atom is -0.376 e. The Hall–Kier alpha value is -2.08.